The van der Waals surface area contributed by atoms with E-state index in [9.17, 15) is 4.79 Å². The Morgan fingerprint density at radius 3 is 2.73 bits per heavy atom. The minimum Gasteiger partial charge on any atom is -0.496 e. The third-order valence-electron chi connectivity index (χ3n) is 2.38. The van der Waals surface area contributed by atoms with Gasteiger partial charge >= 0.3 is 5.97 Å². The first kappa shape index (κ1) is 9.71. The lowest BCUT2D eigenvalue weighted by Crippen LogP contribution is -2.14. The highest BCUT2D eigenvalue weighted by Crippen LogP contribution is 2.31. The second-order valence-electron chi connectivity index (χ2n) is 3.32. The van der Waals surface area contributed by atoms with Gasteiger partial charge in [-0.05, 0) is 13.0 Å². The van der Waals surface area contributed by atoms with Crippen LogP contribution >= 0.6 is 0 Å². The molecule has 0 radical (unpaired) electrons. The smallest absolute Gasteiger partial charge is 0.348 e. The molecule has 0 saturated carbocycles. The second-order valence-corrected chi connectivity index (χ2v) is 3.32. The standard InChI is InChI=1S/C11H11NO3/c1-7-10(11(13)15-12-7)8-5-3-4-6-9(8)14-2/h3-6,10H,1-2H3/t10-/m0/s1. The molecule has 0 saturated heterocycles. The van der Waals surface area contributed by atoms with E-state index in [1.165, 1.54) is 0 Å². The summed E-state index contributed by atoms with van der Waals surface area (Å²) in [5.41, 5.74) is 1.45. The quantitative estimate of drug-likeness (QED) is 0.690. The van der Waals surface area contributed by atoms with Crippen molar-refractivity contribution in [2.45, 2.75) is 12.8 Å². The monoisotopic (exact) mass is 205 g/mol. The summed E-state index contributed by atoms with van der Waals surface area (Å²) >= 11 is 0. The third kappa shape index (κ3) is 1.58. The lowest BCUT2D eigenvalue weighted by molar-refractivity contribution is -0.141. The highest BCUT2D eigenvalue weighted by Gasteiger charge is 2.33. The van der Waals surface area contributed by atoms with E-state index in [0.717, 1.165) is 5.56 Å². The predicted molar refractivity (Wildman–Crippen MR) is 54.9 cm³/mol. The molecule has 1 aliphatic heterocycles. The zero-order chi connectivity index (χ0) is 10.8. The number of rotatable bonds is 2. The average Bonchev–Trinajstić information content (AvgIpc) is 2.59. The van der Waals surface area contributed by atoms with Gasteiger partial charge in [-0.1, -0.05) is 23.4 Å². The highest BCUT2D eigenvalue weighted by molar-refractivity contribution is 6.09. The summed E-state index contributed by atoms with van der Waals surface area (Å²) in [5, 5.41) is 3.66. The first-order chi connectivity index (χ1) is 7.24. The summed E-state index contributed by atoms with van der Waals surface area (Å²) in [6, 6.07) is 7.37. The van der Waals surface area contributed by atoms with Crippen LogP contribution in [0.4, 0.5) is 0 Å². The molecule has 0 aliphatic carbocycles. The minimum atomic E-state index is -0.429. The van der Waals surface area contributed by atoms with Crippen molar-refractivity contribution in [2.75, 3.05) is 7.11 Å². The zero-order valence-corrected chi connectivity index (χ0v) is 8.56. The fourth-order valence-corrected chi connectivity index (χ4v) is 1.65. The van der Waals surface area contributed by atoms with Gasteiger partial charge in [-0.25, -0.2) is 4.79 Å². The van der Waals surface area contributed by atoms with Crippen LogP contribution in [-0.4, -0.2) is 18.8 Å². The van der Waals surface area contributed by atoms with E-state index in [-0.39, 0.29) is 5.97 Å². The molecular weight excluding hydrogens is 194 g/mol. The van der Waals surface area contributed by atoms with Gasteiger partial charge in [0.2, 0.25) is 0 Å². The van der Waals surface area contributed by atoms with Crippen LogP contribution in [0.1, 0.15) is 18.4 Å². The molecule has 1 atom stereocenters. The molecule has 1 aromatic carbocycles. The Labute approximate surface area is 87.5 Å². The molecule has 78 valence electrons. The molecule has 15 heavy (non-hydrogen) atoms. The van der Waals surface area contributed by atoms with Crippen LogP contribution < -0.4 is 4.74 Å². The number of benzene rings is 1. The van der Waals surface area contributed by atoms with Gasteiger partial charge in [0.15, 0.2) is 0 Å². The minimum absolute atomic E-state index is 0.350. The van der Waals surface area contributed by atoms with Gasteiger partial charge in [-0.2, -0.15) is 0 Å². The van der Waals surface area contributed by atoms with Crippen LogP contribution in [-0.2, 0) is 9.63 Å². The lowest BCUT2D eigenvalue weighted by Gasteiger charge is -2.11. The Hall–Kier alpha value is -1.84. The predicted octanol–water partition coefficient (Wildman–Crippen LogP) is 1.71. The number of carbonyl (C=O) groups is 1. The molecular formula is C11H11NO3. The van der Waals surface area contributed by atoms with Crippen molar-refractivity contribution in [2.24, 2.45) is 5.16 Å². The first-order valence-electron chi connectivity index (χ1n) is 4.62. The molecule has 4 heteroatoms. The van der Waals surface area contributed by atoms with Gasteiger partial charge in [0.05, 0.1) is 12.8 Å². The number of nitrogens with zero attached hydrogens (tertiary/aromatic N) is 1. The summed E-state index contributed by atoms with van der Waals surface area (Å²) < 4.78 is 5.19. The second kappa shape index (κ2) is 3.73. The molecule has 0 N–H and O–H groups in total. The van der Waals surface area contributed by atoms with Gasteiger partial charge in [-0.15, -0.1) is 0 Å². The Morgan fingerprint density at radius 2 is 2.13 bits per heavy atom. The molecule has 4 nitrogen and oxygen atoms in total. The van der Waals surface area contributed by atoms with Crippen LogP contribution in [0.3, 0.4) is 0 Å². The summed E-state index contributed by atoms with van der Waals surface area (Å²) in [7, 11) is 1.57. The maximum Gasteiger partial charge on any atom is 0.348 e. The highest BCUT2D eigenvalue weighted by atomic mass is 16.7. The van der Waals surface area contributed by atoms with Crippen LogP contribution in [0, 0.1) is 0 Å². The number of oxime groups is 1. The zero-order valence-electron chi connectivity index (χ0n) is 8.56. The van der Waals surface area contributed by atoms with E-state index < -0.39 is 5.92 Å². The molecule has 1 heterocycles. The van der Waals surface area contributed by atoms with Gasteiger partial charge < -0.3 is 9.57 Å². The summed E-state index contributed by atoms with van der Waals surface area (Å²) in [6.45, 7) is 1.77. The summed E-state index contributed by atoms with van der Waals surface area (Å²) in [4.78, 5) is 16.1. The van der Waals surface area contributed by atoms with E-state index in [1.54, 1.807) is 14.0 Å². The Bertz CT molecular complexity index is 426. The van der Waals surface area contributed by atoms with E-state index in [0.29, 0.717) is 11.5 Å². The van der Waals surface area contributed by atoms with Crippen molar-refractivity contribution in [3.8, 4) is 5.75 Å². The van der Waals surface area contributed by atoms with E-state index in [2.05, 4.69) is 9.99 Å². The number of para-hydroxylation sites is 1. The van der Waals surface area contributed by atoms with Crippen molar-refractivity contribution in [3.63, 3.8) is 0 Å². The van der Waals surface area contributed by atoms with Crippen molar-refractivity contribution in [1.82, 2.24) is 0 Å². The summed E-state index contributed by atoms with van der Waals surface area (Å²) in [5.74, 6) is -0.103. The normalized spacial score (nSPS) is 19.7. The van der Waals surface area contributed by atoms with Crippen molar-refractivity contribution in [3.05, 3.63) is 29.8 Å². The Balaban J connectivity index is 2.45. The molecule has 0 unspecified atom stereocenters. The van der Waals surface area contributed by atoms with Gasteiger partial charge in [0.1, 0.15) is 11.7 Å². The largest absolute Gasteiger partial charge is 0.496 e. The average molecular weight is 205 g/mol. The number of hydrogen-bond acceptors (Lipinski definition) is 4. The molecule has 0 fully saturated rings. The molecule has 1 aliphatic rings. The van der Waals surface area contributed by atoms with Crippen LogP contribution in [0.2, 0.25) is 0 Å². The summed E-state index contributed by atoms with van der Waals surface area (Å²) in [6.07, 6.45) is 0. The van der Waals surface area contributed by atoms with Crippen molar-refractivity contribution >= 4 is 11.7 Å². The lowest BCUT2D eigenvalue weighted by atomic mass is 9.95. The maximum absolute atomic E-state index is 11.5. The molecule has 1 aromatic rings. The van der Waals surface area contributed by atoms with Gasteiger partial charge in [0, 0.05) is 5.56 Å². The number of hydrogen-bond donors (Lipinski definition) is 0. The van der Waals surface area contributed by atoms with Crippen LogP contribution in [0.25, 0.3) is 0 Å². The van der Waals surface area contributed by atoms with Crippen LogP contribution in [0.5, 0.6) is 5.75 Å². The number of methoxy groups -OCH3 is 1. The number of carbonyl (C=O) groups excluding carboxylic acids is 1. The molecule has 2 rings (SSSR count). The fraction of sp³-hybridized carbons (Fsp3) is 0.273. The third-order valence-corrected chi connectivity index (χ3v) is 2.38. The topological polar surface area (TPSA) is 47.9 Å². The van der Waals surface area contributed by atoms with Crippen LogP contribution in [0.15, 0.2) is 29.4 Å². The van der Waals surface area contributed by atoms with E-state index in [4.69, 9.17) is 4.74 Å². The first-order valence-corrected chi connectivity index (χ1v) is 4.62. The molecule has 0 spiro atoms. The maximum atomic E-state index is 11.5. The molecule has 0 amide bonds. The van der Waals surface area contributed by atoms with Crippen molar-refractivity contribution < 1.29 is 14.4 Å². The van der Waals surface area contributed by atoms with E-state index >= 15 is 0 Å². The van der Waals surface area contributed by atoms with Crippen molar-refractivity contribution in [1.29, 1.82) is 0 Å². The Morgan fingerprint density at radius 1 is 1.40 bits per heavy atom. The van der Waals surface area contributed by atoms with E-state index in [1.807, 2.05) is 24.3 Å². The number of ether oxygens (including phenoxy) is 1. The SMILES string of the molecule is COc1ccccc1[C@H]1C(=O)ON=C1C. The molecule has 0 bridgehead atoms. The fourth-order valence-electron chi connectivity index (χ4n) is 1.65. The Kier molecular flexibility index (Phi) is 2.41. The van der Waals surface area contributed by atoms with Gasteiger partial charge in [-0.3, -0.25) is 0 Å². The van der Waals surface area contributed by atoms with Gasteiger partial charge in [0.25, 0.3) is 0 Å². The molecule has 0 aromatic heterocycles.